The fourth-order valence-electron chi connectivity index (χ4n) is 2.82. The lowest BCUT2D eigenvalue weighted by Crippen LogP contribution is -2.23. The summed E-state index contributed by atoms with van der Waals surface area (Å²) >= 11 is 1.63. The van der Waals surface area contributed by atoms with Crippen molar-refractivity contribution >= 4 is 22.4 Å². The molecule has 0 aromatic carbocycles. The van der Waals surface area contributed by atoms with Crippen LogP contribution in [0.15, 0.2) is 17.0 Å². The van der Waals surface area contributed by atoms with Gasteiger partial charge in [0.05, 0.1) is 11.2 Å². The van der Waals surface area contributed by atoms with Gasteiger partial charge < -0.3 is 10.3 Å². The molecule has 0 radical (unpaired) electrons. The van der Waals surface area contributed by atoms with Crippen LogP contribution in [0.25, 0.3) is 22.3 Å². The fraction of sp³-hybridized carbons (Fsp3) is 0.286. The van der Waals surface area contributed by atoms with Gasteiger partial charge in [-0.05, 0) is 18.6 Å². The first-order valence-electron chi connectivity index (χ1n) is 6.43. The minimum absolute atomic E-state index is 0.914. The van der Waals surface area contributed by atoms with Crippen LogP contribution in [0.2, 0.25) is 0 Å². The zero-order valence-corrected chi connectivity index (χ0v) is 11.5. The highest BCUT2D eigenvalue weighted by atomic mass is 32.1. The number of rotatable bonds is 1. The molecular formula is C14H14N4S. The molecule has 0 amide bonds. The smallest absolute Gasteiger partial charge is 0.138 e. The molecule has 0 atom stereocenters. The second-order valence-corrected chi connectivity index (χ2v) is 5.64. The molecule has 0 aliphatic carbocycles. The molecule has 3 aromatic rings. The highest BCUT2D eigenvalue weighted by molar-refractivity contribution is 7.07. The Morgan fingerprint density at radius 1 is 1.37 bits per heavy atom. The molecule has 1 aliphatic heterocycles. The summed E-state index contributed by atoms with van der Waals surface area (Å²) < 4.78 is 0. The maximum absolute atomic E-state index is 4.64. The molecule has 5 heteroatoms. The third kappa shape index (κ3) is 1.69. The summed E-state index contributed by atoms with van der Waals surface area (Å²) in [7, 11) is 0. The van der Waals surface area contributed by atoms with Gasteiger partial charge in [0.2, 0.25) is 0 Å². The number of hydrogen-bond acceptors (Lipinski definition) is 4. The van der Waals surface area contributed by atoms with Gasteiger partial charge in [0, 0.05) is 47.2 Å². The van der Waals surface area contributed by atoms with Crippen LogP contribution >= 0.6 is 11.3 Å². The van der Waals surface area contributed by atoms with Crippen molar-refractivity contribution in [2.24, 2.45) is 0 Å². The Kier molecular flexibility index (Phi) is 2.43. The van der Waals surface area contributed by atoms with E-state index in [1.54, 1.807) is 11.3 Å². The number of nitrogens with zero attached hydrogens (tertiary/aromatic N) is 2. The molecule has 2 N–H and O–H groups in total. The van der Waals surface area contributed by atoms with E-state index in [1.165, 1.54) is 22.2 Å². The molecule has 4 rings (SSSR count). The van der Waals surface area contributed by atoms with Crippen molar-refractivity contribution in [2.45, 2.75) is 19.9 Å². The van der Waals surface area contributed by atoms with Crippen LogP contribution in [0.4, 0.5) is 0 Å². The number of nitrogens with one attached hydrogen (secondary N) is 2. The molecule has 4 heterocycles. The quantitative estimate of drug-likeness (QED) is 0.714. The van der Waals surface area contributed by atoms with E-state index in [0.717, 1.165) is 36.5 Å². The Morgan fingerprint density at radius 3 is 3.16 bits per heavy atom. The van der Waals surface area contributed by atoms with Crippen molar-refractivity contribution in [3.63, 3.8) is 0 Å². The highest BCUT2D eigenvalue weighted by Crippen LogP contribution is 2.33. The van der Waals surface area contributed by atoms with Crippen molar-refractivity contribution < 1.29 is 0 Å². The normalized spacial score (nSPS) is 14.8. The first kappa shape index (κ1) is 11.1. The topological polar surface area (TPSA) is 53.6 Å². The molecule has 0 saturated heterocycles. The molecule has 0 saturated carbocycles. The van der Waals surface area contributed by atoms with Gasteiger partial charge >= 0.3 is 0 Å². The fourth-order valence-corrected chi connectivity index (χ4v) is 3.37. The van der Waals surface area contributed by atoms with Crippen molar-refractivity contribution in [1.82, 2.24) is 20.3 Å². The number of pyridine rings is 1. The third-order valence-electron chi connectivity index (χ3n) is 3.64. The van der Waals surface area contributed by atoms with E-state index in [4.69, 9.17) is 0 Å². The van der Waals surface area contributed by atoms with Crippen LogP contribution in [0, 0.1) is 6.92 Å². The van der Waals surface area contributed by atoms with Crippen LogP contribution in [0.1, 0.15) is 17.0 Å². The van der Waals surface area contributed by atoms with Gasteiger partial charge in [-0.25, -0.2) is 9.97 Å². The van der Waals surface area contributed by atoms with Crippen molar-refractivity contribution in [2.75, 3.05) is 6.54 Å². The average molecular weight is 270 g/mol. The number of H-pyrrole nitrogens is 1. The lowest BCUT2D eigenvalue weighted by atomic mass is 10.0. The zero-order valence-electron chi connectivity index (χ0n) is 10.7. The predicted molar refractivity (Wildman–Crippen MR) is 77.3 cm³/mol. The summed E-state index contributed by atoms with van der Waals surface area (Å²) in [6, 6.07) is 2.14. The van der Waals surface area contributed by atoms with Crippen molar-refractivity contribution in [3.8, 4) is 11.3 Å². The van der Waals surface area contributed by atoms with Gasteiger partial charge in [-0.15, -0.1) is 11.3 Å². The first-order valence-corrected chi connectivity index (χ1v) is 7.37. The maximum Gasteiger partial charge on any atom is 0.138 e. The van der Waals surface area contributed by atoms with E-state index in [-0.39, 0.29) is 0 Å². The van der Waals surface area contributed by atoms with Gasteiger partial charge in [0.15, 0.2) is 0 Å². The molecule has 96 valence electrons. The molecular weight excluding hydrogens is 256 g/mol. The highest BCUT2D eigenvalue weighted by Gasteiger charge is 2.20. The first-order chi connectivity index (χ1) is 9.33. The summed E-state index contributed by atoms with van der Waals surface area (Å²) in [5.74, 6) is 0. The summed E-state index contributed by atoms with van der Waals surface area (Å²) in [4.78, 5) is 12.6. The van der Waals surface area contributed by atoms with Gasteiger partial charge in [-0.2, -0.15) is 0 Å². The number of aromatic nitrogens is 3. The second-order valence-electron chi connectivity index (χ2n) is 4.92. The molecule has 0 fully saturated rings. The summed E-state index contributed by atoms with van der Waals surface area (Å²) in [5, 5.41) is 6.78. The van der Waals surface area contributed by atoms with Gasteiger partial charge in [-0.3, -0.25) is 0 Å². The van der Waals surface area contributed by atoms with Crippen LogP contribution in [-0.2, 0) is 13.0 Å². The standard InChI is InChI=1S/C14H14N4S/c1-8-4-9(12-6-19-7-16-12)13-10-5-15-3-2-11(10)18-14(13)17-8/h4,6-7,15H,2-3,5H2,1H3,(H,17,18). The van der Waals surface area contributed by atoms with E-state index in [9.17, 15) is 0 Å². The minimum atomic E-state index is 0.914. The molecule has 19 heavy (non-hydrogen) atoms. The SMILES string of the molecule is Cc1cc(-c2cscn2)c2c3c([nH]c2n1)CCNC3. The Balaban J connectivity index is 2.08. The lowest BCUT2D eigenvalue weighted by Gasteiger charge is -2.13. The zero-order chi connectivity index (χ0) is 12.8. The van der Waals surface area contributed by atoms with E-state index in [0.29, 0.717) is 0 Å². The monoisotopic (exact) mass is 270 g/mol. The molecule has 0 bridgehead atoms. The number of fused-ring (bicyclic) bond motifs is 3. The number of thiazole rings is 1. The Hall–Kier alpha value is -1.72. The van der Waals surface area contributed by atoms with Crippen LogP contribution in [0.5, 0.6) is 0 Å². The minimum Gasteiger partial charge on any atom is -0.343 e. The molecule has 0 unspecified atom stereocenters. The third-order valence-corrected chi connectivity index (χ3v) is 4.23. The van der Waals surface area contributed by atoms with Crippen LogP contribution in [0.3, 0.4) is 0 Å². The molecule has 4 nitrogen and oxygen atoms in total. The van der Waals surface area contributed by atoms with Crippen LogP contribution in [-0.4, -0.2) is 21.5 Å². The van der Waals surface area contributed by atoms with Crippen molar-refractivity contribution in [3.05, 3.63) is 33.9 Å². The Bertz CT molecular complexity index is 742. The number of hydrogen-bond donors (Lipinski definition) is 2. The van der Waals surface area contributed by atoms with Crippen LogP contribution < -0.4 is 5.32 Å². The van der Waals surface area contributed by atoms with Crippen molar-refractivity contribution in [1.29, 1.82) is 0 Å². The summed E-state index contributed by atoms with van der Waals surface area (Å²) in [6.45, 7) is 3.98. The summed E-state index contributed by atoms with van der Waals surface area (Å²) in [6.07, 6.45) is 1.04. The largest absolute Gasteiger partial charge is 0.343 e. The van der Waals surface area contributed by atoms with E-state index < -0.39 is 0 Å². The number of aromatic amines is 1. The molecule has 1 aliphatic rings. The van der Waals surface area contributed by atoms with E-state index in [2.05, 4.69) is 31.7 Å². The van der Waals surface area contributed by atoms with E-state index >= 15 is 0 Å². The summed E-state index contributed by atoms with van der Waals surface area (Å²) in [5.41, 5.74) is 8.84. The van der Waals surface area contributed by atoms with Gasteiger partial charge in [0.25, 0.3) is 0 Å². The average Bonchev–Trinajstić information content (AvgIpc) is 3.04. The Morgan fingerprint density at radius 2 is 2.32 bits per heavy atom. The number of aryl methyl sites for hydroxylation is 1. The molecule has 3 aromatic heterocycles. The van der Waals surface area contributed by atoms with Gasteiger partial charge in [-0.1, -0.05) is 0 Å². The van der Waals surface area contributed by atoms with E-state index in [1.807, 2.05) is 12.4 Å². The maximum atomic E-state index is 4.64. The predicted octanol–water partition coefficient (Wildman–Crippen LogP) is 2.64. The second kappa shape index (κ2) is 4.15. The molecule has 0 spiro atoms. The Labute approximate surface area is 114 Å². The van der Waals surface area contributed by atoms with Gasteiger partial charge in [0.1, 0.15) is 5.65 Å². The lowest BCUT2D eigenvalue weighted by molar-refractivity contribution is 0.641.